The SMILES string of the molecule is COCCNCC(=O)NCc1ccc(Cl)cc1. The van der Waals surface area contributed by atoms with E-state index in [2.05, 4.69) is 10.6 Å². The molecule has 1 amide bonds. The first-order valence-electron chi connectivity index (χ1n) is 5.43. The number of hydrogen-bond donors (Lipinski definition) is 2. The number of amides is 1. The van der Waals surface area contributed by atoms with Gasteiger partial charge in [0.1, 0.15) is 0 Å². The fourth-order valence-corrected chi connectivity index (χ4v) is 1.37. The normalized spacial score (nSPS) is 10.2. The molecule has 0 aliphatic heterocycles. The highest BCUT2D eigenvalue weighted by Gasteiger charge is 2.00. The molecular formula is C12H17ClN2O2. The van der Waals surface area contributed by atoms with Gasteiger partial charge in [-0.1, -0.05) is 23.7 Å². The molecule has 94 valence electrons. The molecule has 0 radical (unpaired) electrons. The summed E-state index contributed by atoms with van der Waals surface area (Å²) >= 11 is 5.76. The van der Waals surface area contributed by atoms with E-state index in [1.54, 1.807) is 19.2 Å². The summed E-state index contributed by atoms with van der Waals surface area (Å²) in [4.78, 5) is 11.4. The van der Waals surface area contributed by atoms with Crippen LogP contribution >= 0.6 is 11.6 Å². The van der Waals surface area contributed by atoms with Crippen LogP contribution in [0.15, 0.2) is 24.3 Å². The van der Waals surface area contributed by atoms with Crippen LogP contribution in [-0.4, -0.2) is 32.7 Å². The van der Waals surface area contributed by atoms with Crippen LogP contribution in [0.3, 0.4) is 0 Å². The number of methoxy groups -OCH3 is 1. The molecule has 0 aliphatic carbocycles. The largest absolute Gasteiger partial charge is 0.383 e. The smallest absolute Gasteiger partial charge is 0.234 e. The Bertz CT molecular complexity index is 341. The van der Waals surface area contributed by atoms with Gasteiger partial charge in [-0.05, 0) is 17.7 Å². The summed E-state index contributed by atoms with van der Waals surface area (Å²) in [5.74, 6) is -0.0314. The van der Waals surface area contributed by atoms with Gasteiger partial charge in [0, 0.05) is 25.2 Å². The molecular weight excluding hydrogens is 240 g/mol. The molecule has 0 unspecified atom stereocenters. The minimum absolute atomic E-state index is 0.0314. The van der Waals surface area contributed by atoms with E-state index in [0.717, 1.165) is 5.56 Å². The maximum Gasteiger partial charge on any atom is 0.234 e. The lowest BCUT2D eigenvalue weighted by Gasteiger charge is -2.06. The highest BCUT2D eigenvalue weighted by molar-refractivity contribution is 6.30. The lowest BCUT2D eigenvalue weighted by Crippen LogP contribution is -2.34. The maximum atomic E-state index is 11.4. The monoisotopic (exact) mass is 256 g/mol. The van der Waals surface area contributed by atoms with Crippen LogP contribution in [0.2, 0.25) is 5.02 Å². The number of carbonyl (C=O) groups excluding carboxylic acids is 1. The first-order chi connectivity index (χ1) is 8.22. The molecule has 0 aromatic heterocycles. The zero-order valence-electron chi connectivity index (χ0n) is 9.83. The van der Waals surface area contributed by atoms with E-state index < -0.39 is 0 Å². The van der Waals surface area contributed by atoms with Gasteiger partial charge in [-0.2, -0.15) is 0 Å². The van der Waals surface area contributed by atoms with Crippen LogP contribution < -0.4 is 10.6 Å². The van der Waals surface area contributed by atoms with Gasteiger partial charge in [0.05, 0.1) is 13.2 Å². The standard InChI is InChI=1S/C12H17ClN2O2/c1-17-7-6-14-9-12(16)15-8-10-2-4-11(13)5-3-10/h2-5,14H,6-9H2,1H3,(H,15,16). The Morgan fingerprint density at radius 1 is 1.35 bits per heavy atom. The molecule has 2 N–H and O–H groups in total. The quantitative estimate of drug-likeness (QED) is 0.721. The Labute approximate surface area is 106 Å². The Hall–Kier alpha value is -1.10. The zero-order chi connectivity index (χ0) is 12.5. The second kappa shape index (κ2) is 8.06. The van der Waals surface area contributed by atoms with E-state index in [9.17, 15) is 4.79 Å². The lowest BCUT2D eigenvalue weighted by molar-refractivity contribution is -0.120. The first kappa shape index (κ1) is 14.0. The van der Waals surface area contributed by atoms with Gasteiger partial charge in [-0.15, -0.1) is 0 Å². The topological polar surface area (TPSA) is 50.4 Å². The second-order valence-corrected chi connectivity index (χ2v) is 4.01. The van der Waals surface area contributed by atoms with Crippen molar-refractivity contribution in [2.24, 2.45) is 0 Å². The third kappa shape index (κ3) is 6.26. The van der Waals surface area contributed by atoms with Crippen LogP contribution in [0.4, 0.5) is 0 Å². The fourth-order valence-electron chi connectivity index (χ4n) is 1.24. The van der Waals surface area contributed by atoms with Crippen molar-refractivity contribution < 1.29 is 9.53 Å². The van der Waals surface area contributed by atoms with Crippen molar-refractivity contribution in [3.63, 3.8) is 0 Å². The molecule has 0 saturated heterocycles. The summed E-state index contributed by atoms with van der Waals surface area (Å²) in [5.41, 5.74) is 1.03. The van der Waals surface area contributed by atoms with Crippen LogP contribution in [0.5, 0.6) is 0 Å². The molecule has 5 heteroatoms. The van der Waals surface area contributed by atoms with Crippen LogP contribution in [0, 0.1) is 0 Å². The highest BCUT2D eigenvalue weighted by Crippen LogP contribution is 2.08. The molecule has 0 fully saturated rings. The van der Waals surface area contributed by atoms with Gasteiger partial charge in [0.15, 0.2) is 0 Å². The predicted octanol–water partition coefficient (Wildman–Crippen LogP) is 1.19. The van der Waals surface area contributed by atoms with Gasteiger partial charge < -0.3 is 15.4 Å². The molecule has 0 spiro atoms. The number of hydrogen-bond acceptors (Lipinski definition) is 3. The minimum atomic E-state index is -0.0314. The average molecular weight is 257 g/mol. The Morgan fingerprint density at radius 2 is 2.06 bits per heavy atom. The maximum absolute atomic E-state index is 11.4. The molecule has 0 saturated carbocycles. The molecule has 1 aromatic rings. The molecule has 4 nitrogen and oxygen atoms in total. The van der Waals surface area contributed by atoms with Crippen molar-refractivity contribution in [1.29, 1.82) is 0 Å². The van der Waals surface area contributed by atoms with E-state index in [1.165, 1.54) is 0 Å². The van der Waals surface area contributed by atoms with E-state index in [1.807, 2.05) is 12.1 Å². The third-order valence-electron chi connectivity index (χ3n) is 2.17. The second-order valence-electron chi connectivity index (χ2n) is 3.57. The van der Waals surface area contributed by atoms with E-state index in [4.69, 9.17) is 16.3 Å². The molecule has 0 bridgehead atoms. The summed E-state index contributed by atoms with van der Waals surface area (Å²) in [6.07, 6.45) is 0. The van der Waals surface area contributed by atoms with Crippen LogP contribution in [-0.2, 0) is 16.1 Å². The van der Waals surface area contributed by atoms with Gasteiger partial charge in [0.2, 0.25) is 5.91 Å². The molecule has 1 rings (SSSR count). The summed E-state index contributed by atoms with van der Waals surface area (Å²) in [7, 11) is 1.63. The van der Waals surface area contributed by atoms with Crippen LogP contribution in [0.25, 0.3) is 0 Å². The van der Waals surface area contributed by atoms with E-state index in [-0.39, 0.29) is 5.91 Å². The zero-order valence-corrected chi connectivity index (χ0v) is 10.6. The Morgan fingerprint density at radius 3 is 2.71 bits per heavy atom. The number of rotatable bonds is 7. The highest BCUT2D eigenvalue weighted by atomic mass is 35.5. The number of benzene rings is 1. The fraction of sp³-hybridized carbons (Fsp3) is 0.417. The van der Waals surface area contributed by atoms with Gasteiger partial charge >= 0.3 is 0 Å². The Balaban J connectivity index is 2.17. The summed E-state index contributed by atoms with van der Waals surface area (Å²) < 4.78 is 4.86. The number of carbonyl (C=O) groups is 1. The number of ether oxygens (including phenoxy) is 1. The van der Waals surface area contributed by atoms with E-state index >= 15 is 0 Å². The van der Waals surface area contributed by atoms with Crippen molar-refractivity contribution >= 4 is 17.5 Å². The third-order valence-corrected chi connectivity index (χ3v) is 2.42. The summed E-state index contributed by atoms with van der Waals surface area (Å²) in [5, 5.41) is 6.48. The van der Waals surface area contributed by atoms with Crippen molar-refractivity contribution in [3.05, 3.63) is 34.9 Å². The van der Waals surface area contributed by atoms with Gasteiger partial charge in [-0.3, -0.25) is 4.79 Å². The average Bonchev–Trinajstić information content (AvgIpc) is 2.34. The minimum Gasteiger partial charge on any atom is -0.383 e. The van der Waals surface area contributed by atoms with Crippen molar-refractivity contribution in [2.75, 3.05) is 26.8 Å². The summed E-state index contributed by atoms with van der Waals surface area (Å²) in [6.45, 7) is 2.09. The molecule has 17 heavy (non-hydrogen) atoms. The number of nitrogens with one attached hydrogen (secondary N) is 2. The van der Waals surface area contributed by atoms with Crippen LogP contribution in [0.1, 0.15) is 5.56 Å². The predicted molar refractivity (Wildman–Crippen MR) is 68.0 cm³/mol. The number of halogens is 1. The Kier molecular flexibility index (Phi) is 6.62. The lowest BCUT2D eigenvalue weighted by atomic mass is 10.2. The van der Waals surface area contributed by atoms with Crippen molar-refractivity contribution in [2.45, 2.75) is 6.54 Å². The van der Waals surface area contributed by atoms with Gasteiger partial charge in [-0.25, -0.2) is 0 Å². The molecule has 1 aromatic carbocycles. The molecule has 0 aliphatic rings. The van der Waals surface area contributed by atoms with Crippen molar-refractivity contribution in [1.82, 2.24) is 10.6 Å². The molecule has 0 atom stereocenters. The first-order valence-corrected chi connectivity index (χ1v) is 5.81. The summed E-state index contributed by atoms with van der Waals surface area (Å²) in [6, 6.07) is 7.39. The van der Waals surface area contributed by atoms with Gasteiger partial charge in [0.25, 0.3) is 0 Å². The molecule has 0 heterocycles. The van der Waals surface area contributed by atoms with Crippen molar-refractivity contribution in [3.8, 4) is 0 Å². The van der Waals surface area contributed by atoms with E-state index in [0.29, 0.717) is 31.3 Å².